The third-order valence-electron chi connectivity index (χ3n) is 3.98. The van der Waals surface area contributed by atoms with Crippen molar-refractivity contribution >= 4 is 41.0 Å². The number of rotatable bonds is 5. The zero-order valence-electron chi connectivity index (χ0n) is 14.1. The molecule has 2 heterocycles. The van der Waals surface area contributed by atoms with Crippen molar-refractivity contribution in [2.24, 2.45) is 0 Å². The van der Waals surface area contributed by atoms with Crippen LogP contribution in [0, 0.1) is 0 Å². The molecule has 0 atom stereocenters. The van der Waals surface area contributed by atoms with Crippen molar-refractivity contribution in [2.45, 2.75) is 6.54 Å². The van der Waals surface area contributed by atoms with Gasteiger partial charge in [0.25, 0.3) is 0 Å². The summed E-state index contributed by atoms with van der Waals surface area (Å²) < 4.78 is 5.36. The van der Waals surface area contributed by atoms with Crippen LogP contribution in [-0.2, 0) is 16.1 Å². The number of carbonyl (C=O) groups excluding carboxylic acids is 1. The van der Waals surface area contributed by atoms with Gasteiger partial charge in [0.1, 0.15) is 5.82 Å². The molecule has 0 radical (unpaired) electrons. The van der Waals surface area contributed by atoms with Crippen LogP contribution in [-0.4, -0.2) is 37.2 Å². The van der Waals surface area contributed by atoms with Crippen LogP contribution in [0.15, 0.2) is 42.6 Å². The van der Waals surface area contributed by atoms with Gasteiger partial charge >= 0.3 is 0 Å². The number of halogens is 2. The Kier molecular flexibility index (Phi) is 6.50. The van der Waals surface area contributed by atoms with Gasteiger partial charge in [-0.15, -0.1) is 0 Å². The largest absolute Gasteiger partial charge is 0.378 e. The molecule has 1 saturated heterocycles. The minimum absolute atomic E-state index is 0.180. The van der Waals surface area contributed by atoms with Gasteiger partial charge in [0.15, 0.2) is 0 Å². The summed E-state index contributed by atoms with van der Waals surface area (Å²) >= 11 is 11.8. The third kappa shape index (κ3) is 5.21. The van der Waals surface area contributed by atoms with E-state index in [-0.39, 0.29) is 5.91 Å². The van der Waals surface area contributed by atoms with E-state index in [1.807, 2.05) is 12.1 Å². The van der Waals surface area contributed by atoms with E-state index in [1.54, 1.807) is 30.5 Å². The molecular formula is C19H19Cl2N3O2. The van der Waals surface area contributed by atoms with Crippen molar-refractivity contribution in [3.05, 3.63) is 63.8 Å². The number of hydrogen-bond donors (Lipinski definition) is 1. The van der Waals surface area contributed by atoms with Crippen LogP contribution < -0.4 is 10.2 Å². The SMILES string of the molecule is O=C(/C=C/c1ccc(Cl)c(Cl)c1)NCc1ccnc(N2CCOCC2)c1. The summed E-state index contributed by atoms with van der Waals surface area (Å²) in [5, 5.41) is 3.82. The maximum atomic E-state index is 12.0. The molecule has 1 aliphatic rings. The maximum Gasteiger partial charge on any atom is 0.244 e. The summed E-state index contributed by atoms with van der Waals surface area (Å²) in [5.74, 6) is 0.729. The van der Waals surface area contributed by atoms with E-state index in [2.05, 4.69) is 15.2 Å². The van der Waals surface area contributed by atoms with Crippen molar-refractivity contribution in [3.8, 4) is 0 Å². The standard InChI is InChI=1S/C19H19Cl2N3O2/c20-16-3-1-14(11-17(16)21)2-4-19(25)23-13-15-5-6-22-18(12-15)24-7-9-26-10-8-24/h1-6,11-12H,7-10,13H2,(H,23,25)/b4-2+. The lowest BCUT2D eigenvalue weighted by atomic mass is 10.2. The third-order valence-corrected chi connectivity index (χ3v) is 4.72. The normalized spacial score (nSPS) is 14.6. The Morgan fingerprint density at radius 2 is 2.00 bits per heavy atom. The molecule has 0 bridgehead atoms. The fourth-order valence-corrected chi connectivity index (χ4v) is 2.88. The highest BCUT2D eigenvalue weighted by Gasteiger charge is 2.12. The predicted octanol–water partition coefficient (Wildman–Crippen LogP) is 3.55. The van der Waals surface area contributed by atoms with Gasteiger partial charge < -0.3 is 15.0 Å². The molecule has 0 unspecified atom stereocenters. The molecule has 1 aromatic heterocycles. The molecule has 5 nitrogen and oxygen atoms in total. The van der Waals surface area contributed by atoms with E-state index in [0.29, 0.717) is 29.8 Å². The molecule has 1 aromatic carbocycles. The van der Waals surface area contributed by atoms with Crippen LogP contribution in [0.2, 0.25) is 10.0 Å². The Morgan fingerprint density at radius 3 is 2.77 bits per heavy atom. The highest BCUT2D eigenvalue weighted by atomic mass is 35.5. The Morgan fingerprint density at radius 1 is 1.19 bits per heavy atom. The summed E-state index contributed by atoms with van der Waals surface area (Å²) in [4.78, 5) is 18.6. The first kappa shape index (κ1) is 18.7. The topological polar surface area (TPSA) is 54.5 Å². The molecular weight excluding hydrogens is 373 g/mol. The molecule has 1 N–H and O–H groups in total. The first-order chi connectivity index (χ1) is 12.6. The second-order valence-electron chi connectivity index (χ2n) is 5.85. The van der Waals surface area contributed by atoms with E-state index < -0.39 is 0 Å². The van der Waals surface area contributed by atoms with Crippen molar-refractivity contribution in [1.82, 2.24) is 10.3 Å². The Labute approximate surface area is 162 Å². The fraction of sp³-hybridized carbons (Fsp3) is 0.263. The molecule has 0 saturated carbocycles. The quantitative estimate of drug-likeness (QED) is 0.791. The smallest absolute Gasteiger partial charge is 0.244 e. The number of hydrogen-bond acceptors (Lipinski definition) is 4. The molecule has 3 rings (SSSR count). The highest BCUT2D eigenvalue weighted by molar-refractivity contribution is 6.42. The van der Waals surface area contributed by atoms with Crippen LogP contribution in [0.5, 0.6) is 0 Å². The molecule has 136 valence electrons. The van der Waals surface area contributed by atoms with Crippen molar-refractivity contribution in [2.75, 3.05) is 31.2 Å². The molecule has 1 fully saturated rings. The van der Waals surface area contributed by atoms with E-state index >= 15 is 0 Å². The number of morpholine rings is 1. The fourth-order valence-electron chi connectivity index (χ4n) is 2.57. The molecule has 26 heavy (non-hydrogen) atoms. The number of ether oxygens (including phenoxy) is 1. The molecule has 0 spiro atoms. The van der Waals surface area contributed by atoms with Gasteiger partial charge in [0.05, 0.1) is 23.3 Å². The molecule has 2 aromatic rings. The maximum absolute atomic E-state index is 12.0. The van der Waals surface area contributed by atoms with Crippen LogP contribution in [0.3, 0.4) is 0 Å². The summed E-state index contributed by atoms with van der Waals surface area (Å²) in [6, 6.07) is 9.10. The summed E-state index contributed by atoms with van der Waals surface area (Å²) in [6.07, 6.45) is 4.94. The van der Waals surface area contributed by atoms with Gasteiger partial charge in [0.2, 0.25) is 5.91 Å². The minimum Gasteiger partial charge on any atom is -0.378 e. The molecule has 1 amide bonds. The summed E-state index contributed by atoms with van der Waals surface area (Å²) in [6.45, 7) is 3.51. The Bertz CT molecular complexity index is 805. The first-order valence-corrected chi connectivity index (χ1v) is 9.06. The van der Waals surface area contributed by atoms with Crippen molar-refractivity contribution in [1.29, 1.82) is 0 Å². The van der Waals surface area contributed by atoms with Gasteiger partial charge in [-0.05, 0) is 41.5 Å². The second kappa shape index (κ2) is 9.03. The lowest BCUT2D eigenvalue weighted by molar-refractivity contribution is -0.116. The zero-order valence-corrected chi connectivity index (χ0v) is 15.6. The van der Waals surface area contributed by atoms with Crippen LogP contribution in [0.25, 0.3) is 6.08 Å². The number of benzene rings is 1. The minimum atomic E-state index is -0.180. The Hall–Kier alpha value is -2.08. The zero-order chi connectivity index (χ0) is 18.4. The van der Waals surface area contributed by atoms with Gasteiger partial charge in [-0.25, -0.2) is 4.98 Å². The molecule has 7 heteroatoms. The predicted molar refractivity (Wildman–Crippen MR) is 105 cm³/mol. The number of pyridine rings is 1. The second-order valence-corrected chi connectivity index (χ2v) is 6.66. The molecule has 0 aliphatic carbocycles. The Balaban J connectivity index is 1.55. The molecule has 1 aliphatic heterocycles. The first-order valence-electron chi connectivity index (χ1n) is 8.30. The highest BCUT2D eigenvalue weighted by Crippen LogP contribution is 2.23. The average Bonchev–Trinajstić information content (AvgIpc) is 2.68. The number of nitrogens with zero attached hydrogens (tertiary/aromatic N) is 2. The van der Waals surface area contributed by atoms with Gasteiger partial charge in [0, 0.05) is 31.9 Å². The van der Waals surface area contributed by atoms with Crippen LogP contribution in [0.4, 0.5) is 5.82 Å². The van der Waals surface area contributed by atoms with E-state index in [4.69, 9.17) is 27.9 Å². The van der Waals surface area contributed by atoms with E-state index in [0.717, 1.165) is 30.0 Å². The summed E-state index contributed by atoms with van der Waals surface area (Å²) in [5.41, 5.74) is 1.81. The van der Waals surface area contributed by atoms with Gasteiger partial charge in [-0.2, -0.15) is 0 Å². The number of aromatic nitrogens is 1. The number of nitrogens with one attached hydrogen (secondary N) is 1. The van der Waals surface area contributed by atoms with E-state index in [9.17, 15) is 4.79 Å². The van der Waals surface area contributed by atoms with Gasteiger partial charge in [-0.1, -0.05) is 29.3 Å². The van der Waals surface area contributed by atoms with E-state index in [1.165, 1.54) is 6.08 Å². The summed E-state index contributed by atoms with van der Waals surface area (Å²) in [7, 11) is 0. The monoisotopic (exact) mass is 391 g/mol. The van der Waals surface area contributed by atoms with Crippen molar-refractivity contribution in [3.63, 3.8) is 0 Å². The average molecular weight is 392 g/mol. The van der Waals surface area contributed by atoms with Crippen molar-refractivity contribution < 1.29 is 9.53 Å². The lowest BCUT2D eigenvalue weighted by Crippen LogP contribution is -2.36. The number of anilines is 1. The number of amides is 1. The van der Waals surface area contributed by atoms with Crippen LogP contribution >= 0.6 is 23.2 Å². The number of carbonyl (C=O) groups is 1. The lowest BCUT2D eigenvalue weighted by Gasteiger charge is -2.28. The van der Waals surface area contributed by atoms with Gasteiger partial charge in [-0.3, -0.25) is 4.79 Å². The van der Waals surface area contributed by atoms with Crippen LogP contribution in [0.1, 0.15) is 11.1 Å².